The quantitative estimate of drug-likeness (QED) is 0.108. The summed E-state index contributed by atoms with van der Waals surface area (Å²) in [4.78, 5) is 4.98. The highest BCUT2D eigenvalue weighted by Crippen LogP contribution is 2.39. The zero-order valence-corrected chi connectivity index (χ0v) is 35.7. The summed E-state index contributed by atoms with van der Waals surface area (Å²) >= 11 is 0. The molecule has 0 atom stereocenters. The molecule has 0 unspecified atom stereocenters. The fourth-order valence-electron chi connectivity index (χ4n) is 8.55. The van der Waals surface area contributed by atoms with Crippen LogP contribution < -0.4 is 9.30 Å². The number of ether oxygens (including phenoxy) is 1. The van der Waals surface area contributed by atoms with Gasteiger partial charge in [-0.25, -0.2) is 4.98 Å². The monoisotopic (exact) mass is 804 g/mol. The number of imidazole rings is 1. The topological polar surface area (TPSA) is 35.9 Å². The molecular formula is C57H48N4O. The van der Waals surface area contributed by atoms with Gasteiger partial charge in [-0.1, -0.05) is 156 Å². The molecule has 10 rings (SSSR count). The molecule has 0 spiro atoms. The molecule has 5 heteroatoms. The molecule has 0 N–H and O–H groups in total. The molecule has 5 nitrogen and oxygen atoms in total. The summed E-state index contributed by atoms with van der Waals surface area (Å²) in [6.07, 6.45) is 7.82. The van der Waals surface area contributed by atoms with Crippen molar-refractivity contribution in [3.8, 4) is 51.1 Å². The molecule has 0 aliphatic heterocycles. The minimum Gasteiger partial charge on any atom is -0.458 e. The van der Waals surface area contributed by atoms with E-state index in [1.807, 2.05) is 12.3 Å². The van der Waals surface area contributed by atoms with Crippen LogP contribution in [0.25, 0.3) is 61.4 Å². The number of aromatic nitrogens is 4. The van der Waals surface area contributed by atoms with Crippen LogP contribution in [-0.2, 0) is 10.8 Å². The summed E-state index contributed by atoms with van der Waals surface area (Å²) in [6.45, 7) is 11.3. The molecule has 0 amide bonds. The summed E-state index contributed by atoms with van der Waals surface area (Å²) in [5, 5.41) is 2.30. The van der Waals surface area contributed by atoms with Gasteiger partial charge in [0.15, 0.2) is 0 Å². The summed E-state index contributed by atoms with van der Waals surface area (Å²) in [7, 11) is 0. The molecule has 0 fully saturated rings. The van der Waals surface area contributed by atoms with Gasteiger partial charge in [-0.05, 0) is 99.5 Å². The van der Waals surface area contributed by atoms with Gasteiger partial charge in [-0.2, -0.15) is 0 Å². The Hall–Kier alpha value is -7.50. The molecule has 62 heavy (non-hydrogen) atoms. The third-order valence-corrected chi connectivity index (χ3v) is 12.1. The van der Waals surface area contributed by atoms with Crippen LogP contribution in [0.3, 0.4) is 0 Å². The maximum Gasteiger partial charge on any atom is 0.269 e. The van der Waals surface area contributed by atoms with Crippen LogP contribution in [0, 0.1) is 6.33 Å². The van der Waals surface area contributed by atoms with E-state index in [1.54, 1.807) is 0 Å². The number of benzene rings is 7. The standard InChI is InChI=1S/C57H48N4O/c1-56(2,3)44-24-17-25-46(34-44)59-38-54(41-20-11-7-12-21-41)60(39-59)47-32-42(40-18-9-6-10-19-40)33-49(36-47)62-48-28-29-51-50-26-15-16-27-52(50)61(53(51)37-48)55-35-45(30-31-58-55)57(4,5)43-22-13-8-14-23-43/h6-38H,1-5H3. The molecule has 0 saturated heterocycles. The smallest absolute Gasteiger partial charge is 0.269 e. The molecule has 7 aromatic carbocycles. The molecule has 0 aliphatic carbocycles. The first-order valence-corrected chi connectivity index (χ1v) is 21.3. The average Bonchev–Trinajstić information content (AvgIpc) is 3.90. The van der Waals surface area contributed by atoms with Gasteiger partial charge in [0.05, 0.1) is 28.1 Å². The van der Waals surface area contributed by atoms with Crippen LogP contribution in [0.2, 0.25) is 0 Å². The largest absolute Gasteiger partial charge is 0.458 e. The van der Waals surface area contributed by atoms with Gasteiger partial charge in [0.1, 0.15) is 17.3 Å². The Kier molecular flexibility index (Phi) is 9.68. The van der Waals surface area contributed by atoms with E-state index in [2.05, 4.69) is 243 Å². The first-order chi connectivity index (χ1) is 30.1. The normalized spacial score (nSPS) is 12.0. The number of hydrogen-bond acceptors (Lipinski definition) is 2. The van der Waals surface area contributed by atoms with Gasteiger partial charge in [0, 0.05) is 34.6 Å². The lowest BCUT2D eigenvalue weighted by atomic mass is 9.78. The van der Waals surface area contributed by atoms with Gasteiger partial charge in [-0.3, -0.25) is 13.7 Å². The predicted molar refractivity (Wildman–Crippen MR) is 253 cm³/mol. The van der Waals surface area contributed by atoms with Crippen LogP contribution in [0.4, 0.5) is 0 Å². The highest BCUT2D eigenvalue weighted by molar-refractivity contribution is 6.09. The highest BCUT2D eigenvalue weighted by Gasteiger charge is 2.25. The second-order valence-electron chi connectivity index (χ2n) is 17.6. The van der Waals surface area contributed by atoms with Crippen LogP contribution in [0.1, 0.15) is 51.3 Å². The van der Waals surface area contributed by atoms with Gasteiger partial charge in [0.25, 0.3) is 6.33 Å². The van der Waals surface area contributed by atoms with E-state index in [0.29, 0.717) is 0 Å². The number of hydrogen-bond donors (Lipinski definition) is 0. The van der Waals surface area contributed by atoms with Crippen molar-refractivity contribution in [3.63, 3.8) is 0 Å². The molecule has 302 valence electrons. The number of rotatable bonds is 9. The summed E-state index contributed by atoms with van der Waals surface area (Å²) in [5.74, 6) is 2.31. The van der Waals surface area contributed by atoms with Crippen molar-refractivity contribution in [1.29, 1.82) is 0 Å². The Labute approximate surface area is 363 Å². The Morgan fingerprint density at radius 3 is 1.95 bits per heavy atom. The Balaban J connectivity index is 1.11. The molecule has 0 aliphatic rings. The van der Waals surface area contributed by atoms with Gasteiger partial charge >= 0.3 is 0 Å². The van der Waals surface area contributed by atoms with E-state index in [-0.39, 0.29) is 10.8 Å². The lowest BCUT2D eigenvalue weighted by Gasteiger charge is -2.26. The molecule has 3 heterocycles. The molecule has 10 aromatic rings. The van der Waals surface area contributed by atoms with E-state index in [0.717, 1.165) is 72.9 Å². The molecule has 0 radical (unpaired) electrons. The van der Waals surface area contributed by atoms with E-state index in [1.165, 1.54) is 16.7 Å². The SMILES string of the molecule is CC(C)(C)c1cccc(-[n+]2[c-]n(-c3cc(Oc4ccc5c6ccccc6n(-c6cc(C(C)(C)c7ccccc7)ccn6)c5c4)cc(-c4ccccc4)c3)c(-c3ccccc3)c2)c1. The van der Waals surface area contributed by atoms with Crippen molar-refractivity contribution in [1.82, 2.24) is 14.1 Å². The van der Waals surface area contributed by atoms with Crippen LogP contribution in [0.15, 0.2) is 200 Å². The van der Waals surface area contributed by atoms with Gasteiger partial charge in [-0.15, -0.1) is 0 Å². The van der Waals surface area contributed by atoms with E-state index >= 15 is 0 Å². The molecular weight excluding hydrogens is 757 g/mol. The minimum absolute atomic E-state index is 0.00879. The zero-order valence-electron chi connectivity index (χ0n) is 35.7. The Morgan fingerprint density at radius 2 is 1.19 bits per heavy atom. The van der Waals surface area contributed by atoms with Gasteiger partial charge < -0.3 is 4.74 Å². The molecule has 0 saturated carbocycles. The average molecular weight is 805 g/mol. The highest BCUT2D eigenvalue weighted by atomic mass is 16.5. The maximum absolute atomic E-state index is 6.96. The van der Waals surface area contributed by atoms with Crippen molar-refractivity contribution in [2.24, 2.45) is 0 Å². The molecule has 3 aromatic heterocycles. The minimum atomic E-state index is -0.222. The first-order valence-electron chi connectivity index (χ1n) is 21.3. The summed E-state index contributed by atoms with van der Waals surface area (Å²) in [5.41, 5.74) is 11.8. The summed E-state index contributed by atoms with van der Waals surface area (Å²) in [6, 6.07) is 66.2. The van der Waals surface area contributed by atoms with E-state index in [9.17, 15) is 0 Å². The zero-order chi connectivity index (χ0) is 42.4. The molecule has 0 bridgehead atoms. The van der Waals surface area contributed by atoms with Crippen molar-refractivity contribution >= 4 is 21.8 Å². The first kappa shape index (κ1) is 38.7. The second kappa shape index (κ2) is 15.5. The van der Waals surface area contributed by atoms with E-state index in [4.69, 9.17) is 9.72 Å². The van der Waals surface area contributed by atoms with Crippen molar-refractivity contribution < 1.29 is 9.30 Å². The van der Waals surface area contributed by atoms with E-state index < -0.39 is 0 Å². The summed E-state index contributed by atoms with van der Waals surface area (Å²) < 4.78 is 13.5. The number of pyridine rings is 1. The lowest BCUT2D eigenvalue weighted by molar-refractivity contribution is -0.599. The Morgan fingerprint density at radius 1 is 0.516 bits per heavy atom. The fraction of sp³-hybridized carbons (Fsp3) is 0.123. The third-order valence-electron chi connectivity index (χ3n) is 12.1. The second-order valence-corrected chi connectivity index (χ2v) is 17.6. The number of fused-ring (bicyclic) bond motifs is 3. The Bertz CT molecular complexity index is 3210. The van der Waals surface area contributed by atoms with Crippen LogP contribution in [0.5, 0.6) is 11.5 Å². The van der Waals surface area contributed by atoms with Crippen molar-refractivity contribution in [2.75, 3.05) is 0 Å². The van der Waals surface area contributed by atoms with Crippen LogP contribution in [-0.4, -0.2) is 14.1 Å². The third kappa shape index (κ3) is 7.26. The predicted octanol–water partition coefficient (Wildman–Crippen LogP) is 13.8. The van der Waals surface area contributed by atoms with Crippen molar-refractivity contribution in [3.05, 3.63) is 223 Å². The van der Waals surface area contributed by atoms with Gasteiger partial charge in [0.2, 0.25) is 0 Å². The number of para-hydroxylation sites is 1. The fourth-order valence-corrected chi connectivity index (χ4v) is 8.55. The lowest BCUT2D eigenvalue weighted by Crippen LogP contribution is -2.29. The number of nitrogens with zero attached hydrogens (tertiary/aromatic N) is 4. The van der Waals surface area contributed by atoms with Crippen LogP contribution >= 0.6 is 0 Å². The van der Waals surface area contributed by atoms with Crippen molar-refractivity contribution in [2.45, 2.75) is 45.4 Å². The maximum atomic E-state index is 6.96.